The zero-order chi connectivity index (χ0) is 15.4. The van der Waals surface area contributed by atoms with Crippen molar-refractivity contribution in [1.82, 2.24) is 25.5 Å². The summed E-state index contributed by atoms with van der Waals surface area (Å²) in [7, 11) is 1.53. The van der Waals surface area contributed by atoms with Crippen LogP contribution >= 0.6 is 11.6 Å². The van der Waals surface area contributed by atoms with E-state index in [4.69, 9.17) is 11.6 Å². The number of anilines is 1. The Kier molecular flexibility index (Phi) is 4.33. The molecule has 2 aromatic rings. The van der Waals surface area contributed by atoms with Crippen molar-refractivity contribution in [2.45, 2.75) is 6.04 Å². The molecule has 0 unspecified atom stereocenters. The number of hydrogen-bond acceptors (Lipinski definition) is 5. The van der Waals surface area contributed by atoms with Gasteiger partial charge >= 0.3 is 12.0 Å². The van der Waals surface area contributed by atoms with E-state index in [1.807, 2.05) is 0 Å². The van der Waals surface area contributed by atoms with Gasteiger partial charge in [-0.05, 0) is 11.3 Å². The first-order chi connectivity index (χ1) is 9.97. The van der Waals surface area contributed by atoms with Gasteiger partial charge in [0.05, 0.1) is 7.05 Å². The number of carboxylic acid groups (broad SMARTS) is 1. The number of aromatic nitrogens is 4. The van der Waals surface area contributed by atoms with Crippen LogP contribution in [0, 0.1) is 0 Å². The maximum Gasteiger partial charge on any atom is 0.331 e. The van der Waals surface area contributed by atoms with E-state index in [9.17, 15) is 14.7 Å². The SMILES string of the molecule is Cn1nnc(NC(=O)N[C@@H](C(=O)O)c2ccccc2Cl)n1. The van der Waals surface area contributed by atoms with Crippen molar-refractivity contribution < 1.29 is 14.7 Å². The van der Waals surface area contributed by atoms with E-state index in [0.29, 0.717) is 0 Å². The molecule has 10 heteroatoms. The number of halogens is 1. The summed E-state index contributed by atoms with van der Waals surface area (Å²) in [4.78, 5) is 24.2. The lowest BCUT2D eigenvalue weighted by atomic mass is 10.1. The Morgan fingerprint density at radius 2 is 2.10 bits per heavy atom. The number of hydrogen-bond donors (Lipinski definition) is 3. The molecule has 3 N–H and O–H groups in total. The molecule has 21 heavy (non-hydrogen) atoms. The highest BCUT2D eigenvalue weighted by Crippen LogP contribution is 2.22. The molecule has 0 radical (unpaired) electrons. The fourth-order valence-electron chi connectivity index (χ4n) is 1.58. The molecule has 9 nitrogen and oxygen atoms in total. The minimum atomic E-state index is -1.30. The van der Waals surface area contributed by atoms with Crippen LogP contribution in [0.25, 0.3) is 0 Å². The molecular weight excluding hydrogens is 300 g/mol. The minimum Gasteiger partial charge on any atom is -0.479 e. The molecule has 110 valence electrons. The number of carbonyl (C=O) groups excluding carboxylic acids is 1. The van der Waals surface area contributed by atoms with Gasteiger partial charge in [-0.2, -0.15) is 4.80 Å². The van der Waals surface area contributed by atoms with Crippen LogP contribution in [0.5, 0.6) is 0 Å². The number of benzene rings is 1. The monoisotopic (exact) mass is 310 g/mol. The van der Waals surface area contributed by atoms with E-state index in [1.165, 1.54) is 19.2 Å². The lowest BCUT2D eigenvalue weighted by molar-refractivity contribution is -0.139. The molecular formula is C11H11ClN6O3. The summed E-state index contributed by atoms with van der Waals surface area (Å²) in [5, 5.41) is 24.8. The van der Waals surface area contributed by atoms with Gasteiger partial charge in [0.25, 0.3) is 5.95 Å². The van der Waals surface area contributed by atoms with Gasteiger partial charge in [-0.3, -0.25) is 5.32 Å². The summed E-state index contributed by atoms with van der Waals surface area (Å²) >= 11 is 5.94. The van der Waals surface area contributed by atoms with E-state index in [-0.39, 0.29) is 16.5 Å². The van der Waals surface area contributed by atoms with Crippen molar-refractivity contribution >= 4 is 29.5 Å². The lowest BCUT2D eigenvalue weighted by Gasteiger charge is -2.15. The van der Waals surface area contributed by atoms with Gasteiger partial charge in [-0.25, -0.2) is 9.59 Å². The second kappa shape index (κ2) is 6.18. The van der Waals surface area contributed by atoms with Crippen molar-refractivity contribution in [2.24, 2.45) is 7.05 Å². The fourth-order valence-corrected chi connectivity index (χ4v) is 1.83. The smallest absolute Gasteiger partial charge is 0.331 e. The van der Waals surface area contributed by atoms with Gasteiger partial charge in [0.2, 0.25) is 0 Å². The van der Waals surface area contributed by atoms with Gasteiger partial charge < -0.3 is 10.4 Å². The van der Waals surface area contributed by atoms with Crippen LogP contribution in [-0.4, -0.2) is 37.3 Å². The second-order valence-electron chi connectivity index (χ2n) is 3.99. The van der Waals surface area contributed by atoms with E-state index in [1.54, 1.807) is 12.1 Å². The number of aryl methyl sites for hydroxylation is 1. The number of amides is 2. The summed E-state index contributed by atoms with van der Waals surface area (Å²) in [6, 6.07) is 4.26. The van der Waals surface area contributed by atoms with Gasteiger partial charge in [-0.15, -0.1) is 5.10 Å². The third-order valence-corrected chi connectivity index (χ3v) is 2.82. The van der Waals surface area contributed by atoms with Crippen molar-refractivity contribution in [2.75, 3.05) is 5.32 Å². The number of carboxylic acids is 1. The molecule has 0 saturated carbocycles. The second-order valence-corrected chi connectivity index (χ2v) is 4.40. The van der Waals surface area contributed by atoms with Crippen molar-refractivity contribution in [3.63, 3.8) is 0 Å². The molecule has 0 aliphatic heterocycles. The van der Waals surface area contributed by atoms with Crippen LogP contribution in [0.4, 0.5) is 10.7 Å². The zero-order valence-corrected chi connectivity index (χ0v) is 11.6. The molecule has 1 heterocycles. The topological polar surface area (TPSA) is 122 Å². The van der Waals surface area contributed by atoms with E-state index in [0.717, 1.165) is 4.80 Å². The van der Waals surface area contributed by atoms with E-state index in [2.05, 4.69) is 26.0 Å². The number of nitrogens with one attached hydrogen (secondary N) is 2. The van der Waals surface area contributed by atoms with Gasteiger partial charge in [0.1, 0.15) is 0 Å². The zero-order valence-electron chi connectivity index (χ0n) is 10.8. The van der Waals surface area contributed by atoms with Crippen LogP contribution in [0.1, 0.15) is 11.6 Å². The Morgan fingerprint density at radius 3 is 2.67 bits per heavy atom. The normalized spacial score (nSPS) is 11.7. The van der Waals surface area contributed by atoms with E-state index >= 15 is 0 Å². The van der Waals surface area contributed by atoms with Crippen LogP contribution in [-0.2, 0) is 11.8 Å². The van der Waals surface area contributed by atoms with Crippen LogP contribution in [0.3, 0.4) is 0 Å². The Hall–Kier alpha value is -2.68. The largest absolute Gasteiger partial charge is 0.479 e. The van der Waals surface area contributed by atoms with Crippen molar-refractivity contribution in [3.05, 3.63) is 34.9 Å². The Morgan fingerprint density at radius 1 is 1.38 bits per heavy atom. The predicted octanol–water partition coefficient (Wildman–Crippen LogP) is 0.811. The minimum absolute atomic E-state index is 0.0432. The first kappa shape index (κ1) is 14.7. The number of tetrazole rings is 1. The number of aliphatic carboxylic acids is 1. The standard InChI is InChI=1S/C11H11ClN6O3/c1-18-16-10(15-17-18)14-11(21)13-8(9(19)20)6-4-2-3-5-7(6)12/h2-5,8H,1H3,(H,19,20)(H2,13,14,16,21)/t8-/m1/s1. The highest BCUT2D eigenvalue weighted by Gasteiger charge is 2.24. The molecule has 0 fully saturated rings. The maximum atomic E-state index is 11.8. The highest BCUT2D eigenvalue weighted by molar-refractivity contribution is 6.31. The molecule has 2 amide bonds. The number of nitrogens with zero attached hydrogens (tertiary/aromatic N) is 4. The number of urea groups is 1. The predicted molar refractivity (Wildman–Crippen MR) is 72.8 cm³/mol. The molecule has 0 bridgehead atoms. The molecule has 1 aromatic carbocycles. The fraction of sp³-hybridized carbons (Fsp3) is 0.182. The highest BCUT2D eigenvalue weighted by atomic mass is 35.5. The Bertz CT molecular complexity index is 673. The Balaban J connectivity index is 2.12. The van der Waals surface area contributed by atoms with Crippen LogP contribution < -0.4 is 10.6 Å². The lowest BCUT2D eigenvalue weighted by Crippen LogP contribution is -2.37. The molecule has 0 saturated heterocycles. The van der Waals surface area contributed by atoms with Crippen molar-refractivity contribution in [3.8, 4) is 0 Å². The van der Waals surface area contributed by atoms with Crippen LogP contribution in [0.15, 0.2) is 24.3 Å². The summed E-state index contributed by atoms with van der Waals surface area (Å²) in [5.74, 6) is -1.29. The number of rotatable bonds is 4. The summed E-state index contributed by atoms with van der Waals surface area (Å²) < 4.78 is 0. The molecule has 0 aliphatic rings. The molecule has 1 aromatic heterocycles. The first-order valence-corrected chi connectivity index (χ1v) is 6.14. The third-order valence-electron chi connectivity index (χ3n) is 2.47. The third kappa shape index (κ3) is 3.66. The molecule has 0 aliphatic carbocycles. The average molecular weight is 311 g/mol. The summed E-state index contributed by atoms with van der Waals surface area (Å²) in [5.41, 5.74) is 0.272. The van der Waals surface area contributed by atoms with E-state index < -0.39 is 18.0 Å². The summed E-state index contributed by atoms with van der Waals surface area (Å²) in [6.45, 7) is 0. The van der Waals surface area contributed by atoms with Gasteiger partial charge in [0.15, 0.2) is 6.04 Å². The molecule has 1 atom stereocenters. The molecule has 2 rings (SSSR count). The van der Waals surface area contributed by atoms with Crippen LogP contribution in [0.2, 0.25) is 5.02 Å². The van der Waals surface area contributed by atoms with Gasteiger partial charge in [0, 0.05) is 10.6 Å². The molecule has 0 spiro atoms. The summed E-state index contributed by atoms with van der Waals surface area (Å²) in [6.07, 6.45) is 0. The number of carbonyl (C=O) groups is 2. The van der Waals surface area contributed by atoms with Crippen molar-refractivity contribution in [1.29, 1.82) is 0 Å². The quantitative estimate of drug-likeness (QED) is 0.768. The Labute approximate surface area is 123 Å². The first-order valence-electron chi connectivity index (χ1n) is 5.76. The average Bonchev–Trinajstić information content (AvgIpc) is 2.82. The van der Waals surface area contributed by atoms with Gasteiger partial charge in [-0.1, -0.05) is 34.9 Å². The maximum absolute atomic E-state index is 11.8.